The SMILES string of the molecule is NC(=O)n1c(O)cc2c(Cl)c(F)ccc21. The summed E-state index contributed by atoms with van der Waals surface area (Å²) in [7, 11) is 0. The van der Waals surface area contributed by atoms with Gasteiger partial charge >= 0.3 is 6.03 Å². The molecule has 1 heterocycles. The zero-order valence-corrected chi connectivity index (χ0v) is 8.12. The standard InChI is InChI=1S/C9H6ClFN2O2/c10-8-4-3-7(14)13(9(12)15)6(4)2-1-5(8)11/h1-3,14H,(H2,12,15). The molecule has 0 aliphatic carbocycles. The summed E-state index contributed by atoms with van der Waals surface area (Å²) in [5, 5.41) is 9.49. The van der Waals surface area contributed by atoms with E-state index in [4.69, 9.17) is 17.3 Å². The van der Waals surface area contributed by atoms with Crippen molar-refractivity contribution in [2.24, 2.45) is 5.73 Å². The van der Waals surface area contributed by atoms with Crippen LogP contribution in [0.15, 0.2) is 18.2 Å². The van der Waals surface area contributed by atoms with Gasteiger partial charge in [0, 0.05) is 11.5 Å². The second-order valence-corrected chi connectivity index (χ2v) is 3.35. The number of nitrogens with zero attached hydrogens (tertiary/aromatic N) is 1. The predicted octanol–water partition coefficient (Wildman–Crippen LogP) is 2.07. The van der Waals surface area contributed by atoms with E-state index in [9.17, 15) is 14.3 Å². The number of halogens is 2. The zero-order chi connectivity index (χ0) is 11.2. The lowest BCUT2D eigenvalue weighted by atomic mass is 10.2. The highest BCUT2D eigenvalue weighted by molar-refractivity contribution is 6.35. The van der Waals surface area contributed by atoms with Crippen LogP contribution in [-0.4, -0.2) is 15.7 Å². The summed E-state index contributed by atoms with van der Waals surface area (Å²) in [4.78, 5) is 11.0. The fourth-order valence-electron chi connectivity index (χ4n) is 1.44. The van der Waals surface area contributed by atoms with E-state index < -0.39 is 11.8 Å². The predicted molar refractivity (Wildman–Crippen MR) is 53.6 cm³/mol. The lowest BCUT2D eigenvalue weighted by Crippen LogP contribution is -2.18. The molecule has 0 saturated heterocycles. The minimum Gasteiger partial charge on any atom is -0.494 e. The third-order valence-corrected chi connectivity index (χ3v) is 2.46. The van der Waals surface area contributed by atoms with Crippen LogP contribution >= 0.6 is 11.6 Å². The molecule has 0 atom stereocenters. The quantitative estimate of drug-likeness (QED) is 0.725. The molecule has 2 aromatic rings. The molecule has 0 radical (unpaired) electrons. The molecule has 6 heteroatoms. The molecule has 0 bridgehead atoms. The van der Waals surface area contributed by atoms with Crippen molar-refractivity contribution < 1.29 is 14.3 Å². The van der Waals surface area contributed by atoms with Crippen LogP contribution in [0.25, 0.3) is 10.9 Å². The lowest BCUT2D eigenvalue weighted by molar-refractivity contribution is 0.248. The Balaban J connectivity index is 2.91. The van der Waals surface area contributed by atoms with Crippen LogP contribution in [0.5, 0.6) is 5.88 Å². The van der Waals surface area contributed by atoms with Crippen molar-refractivity contribution in [3.8, 4) is 5.88 Å². The first-order valence-electron chi connectivity index (χ1n) is 4.00. The maximum atomic E-state index is 13.1. The fourth-order valence-corrected chi connectivity index (χ4v) is 1.65. The van der Waals surface area contributed by atoms with Crippen molar-refractivity contribution in [1.82, 2.24) is 4.57 Å². The largest absolute Gasteiger partial charge is 0.494 e. The Hall–Kier alpha value is -1.75. The highest BCUT2D eigenvalue weighted by atomic mass is 35.5. The zero-order valence-electron chi connectivity index (χ0n) is 7.37. The van der Waals surface area contributed by atoms with Crippen LogP contribution < -0.4 is 5.73 Å². The minimum atomic E-state index is -0.856. The lowest BCUT2D eigenvalue weighted by Gasteiger charge is -2.01. The Labute approximate surface area is 88.7 Å². The Bertz CT molecular complexity index is 565. The molecule has 3 N–H and O–H groups in total. The molecular weight excluding hydrogens is 223 g/mol. The molecule has 1 amide bonds. The number of hydrogen-bond donors (Lipinski definition) is 2. The van der Waals surface area contributed by atoms with E-state index in [1.807, 2.05) is 0 Å². The number of fused-ring (bicyclic) bond motifs is 1. The van der Waals surface area contributed by atoms with E-state index >= 15 is 0 Å². The third kappa shape index (κ3) is 1.32. The molecule has 0 saturated carbocycles. The molecule has 1 aromatic heterocycles. The van der Waals surface area contributed by atoms with E-state index in [-0.39, 0.29) is 21.8 Å². The molecular formula is C9H6ClFN2O2. The van der Waals surface area contributed by atoms with Gasteiger partial charge in [-0.25, -0.2) is 13.8 Å². The average molecular weight is 229 g/mol. The first-order valence-corrected chi connectivity index (χ1v) is 4.38. The van der Waals surface area contributed by atoms with Crippen LogP contribution in [-0.2, 0) is 0 Å². The van der Waals surface area contributed by atoms with Crippen LogP contribution in [0.3, 0.4) is 0 Å². The summed E-state index contributed by atoms with van der Waals surface area (Å²) in [6, 6.07) is 2.75. The van der Waals surface area contributed by atoms with Crippen molar-refractivity contribution in [2.45, 2.75) is 0 Å². The maximum Gasteiger partial charge on any atom is 0.326 e. The van der Waals surface area contributed by atoms with Gasteiger partial charge in [0.25, 0.3) is 0 Å². The first-order chi connectivity index (χ1) is 7.02. The molecule has 2 rings (SSSR count). The van der Waals surface area contributed by atoms with Gasteiger partial charge in [-0.2, -0.15) is 0 Å². The Kier molecular flexibility index (Phi) is 2.04. The Morgan fingerprint density at radius 3 is 2.80 bits per heavy atom. The van der Waals surface area contributed by atoms with Crippen LogP contribution in [0.1, 0.15) is 0 Å². The van der Waals surface area contributed by atoms with E-state index in [2.05, 4.69) is 0 Å². The number of carbonyl (C=O) groups excluding carboxylic acids is 1. The summed E-state index contributed by atoms with van der Waals surface area (Å²) in [6.45, 7) is 0. The minimum absolute atomic E-state index is 0.150. The van der Waals surface area contributed by atoms with E-state index in [0.29, 0.717) is 0 Å². The second-order valence-electron chi connectivity index (χ2n) is 2.97. The Morgan fingerprint density at radius 2 is 2.20 bits per heavy atom. The highest BCUT2D eigenvalue weighted by Gasteiger charge is 2.15. The van der Waals surface area contributed by atoms with E-state index in [1.54, 1.807) is 0 Å². The monoisotopic (exact) mass is 228 g/mol. The van der Waals surface area contributed by atoms with Crippen molar-refractivity contribution >= 4 is 28.5 Å². The van der Waals surface area contributed by atoms with Crippen LogP contribution in [0, 0.1) is 5.82 Å². The van der Waals surface area contributed by atoms with Gasteiger partial charge in [0.15, 0.2) is 5.88 Å². The fraction of sp³-hybridized carbons (Fsp3) is 0. The maximum absolute atomic E-state index is 13.1. The van der Waals surface area contributed by atoms with E-state index in [0.717, 1.165) is 10.6 Å². The molecule has 0 aliphatic rings. The molecule has 0 fully saturated rings. The summed E-state index contributed by atoms with van der Waals surface area (Å²) in [5.74, 6) is -0.990. The number of primary amides is 1. The van der Waals surface area contributed by atoms with Gasteiger partial charge in [-0.3, -0.25) is 0 Å². The number of nitrogens with two attached hydrogens (primary N) is 1. The number of aromatic hydroxyl groups is 1. The number of carbonyl (C=O) groups is 1. The topological polar surface area (TPSA) is 68.2 Å². The molecule has 0 unspecified atom stereocenters. The van der Waals surface area contributed by atoms with Gasteiger partial charge in [0.05, 0.1) is 10.5 Å². The van der Waals surface area contributed by atoms with E-state index in [1.165, 1.54) is 12.1 Å². The summed E-state index contributed by atoms with van der Waals surface area (Å²) < 4.78 is 13.9. The van der Waals surface area contributed by atoms with Gasteiger partial charge in [-0.05, 0) is 12.1 Å². The number of amides is 1. The van der Waals surface area contributed by atoms with Crippen molar-refractivity contribution in [3.63, 3.8) is 0 Å². The number of aromatic nitrogens is 1. The molecule has 4 nitrogen and oxygen atoms in total. The van der Waals surface area contributed by atoms with Crippen molar-refractivity contribution in [1.29, 1.82) is 0 Å². The third-order valence-electron chi connectivity index (χ3n) is 2.07. The van der Waals surface area contributed by atoms with Crippen LogP contribution in [0.4, 0.5) is 9.18 Å². The molecule has 1 aromatic carbocycles. The molecule has 78 valence electrons. The number of rotatable bonds is 0. The number of benzene rings is 1. The van der Waals surface area contributed by atoms with Gasteiger partial charge in [-0.15, -0.1) is 0 Å². The molecule has 0 spiro atoms. The van der Waals surface area contributed by atoms with Gasteiger partial charge in [0.1, 0.15) is 5.82 Å². The van der Waals surface area contributed by atoms with Gasteiger partial charge < -0.3 is 10.8 Å². The van der Waals surface area contributed by atoms with Crippen molar-refractivity contribution in [3.05, 3.63) is 29.0 Å². The average Bonchev–Trinajstić information content (AvgIpc) is 2.49. The molecule has 15 heavy (non-hydrogen) atoms. The number of hydrogen-bond acceptors (Lipinski definition) is 2. The summed E-state index contributed by atoms with van der Waals surface area (Å²) in [5.41, 5.74) is 5.31. The van der Waals surface area contributed by atoms with Gasteiger partial charge in [0.2, 0.25) is 0 Å². The molecule has 0 aliphatic heterocycles. The summed E-state index contributed by atoms with van der Waals surface area (Å²) in [6.07, 6.45) is 0. The Morgan fingerprint density at radius 1 is 1.53 bits per heavy atom. The summed E-state index contributed by atoms with van der Waals surface area (Å²) >= 11 is 5.66. The van der Waals surface area contributed by atoms with Crippen LogP contribution in [0.2, 0.25) is 5.02 Å². The van der Waals surface area contributed by atoms with Crippen molar-refractivity contribution in [2.75, 3.05) is 0 Å². The highest BCUT2D eigenvalue weighted by Crippen LogP contribution is 2.31. The first kappa shape index (κ1) is 9.79. The normalized spacial score (nSPS) is 10.8. The second kappa shape index (κ2) is 3.13. The van der Waals surface area contributed by atoms with Gasteiger partial charge in [-0.1, -0.05) is 11.6 Å². The smallest absolute Gasteiger partial charge is 0.326 e.